The number of nitrogens with zero attached hydrogens (tertiary/aromatic N) is 1. The lowest BCUT2D eigenvalue weighted by Gasteiger charge is -2.31. The highest BCUT2D eigenvalue weighted by atomic mass is 16.5. The molecular formula is C15H19NO3. The van der Waals surface area contributed by atoms with Gasteiger partial charge in [0.15, 0.2) is 0 Å². The zero-order valence-corrected chi connectivity index (χ0v) is 11.4. The predicted molar refractivity (Wildman–Crippen MR) is 72.9 cm³/mol. The van der Waals surface area contributed by atoms with E-state index in [-0.39, 0.29) is 12.1 Å². The van der Waals surface area contributed by atoms with E-state index in [1.807, 2.05) is 17.0 Å². The lowest BCUT2D eigenvalue weighted by atomic mass is 9.82. The van der Waals surface area contributed by atoms with Crippen LogP contribution in [0, 0.1) is 0 Å². The number of carbonyl (C=O) groups excluding carboxylic acids is 1. The van der Waals surface area contributed by atoms with Gasteiger partial charge in [-0.1, -0.05) is 18.9 Å². The van der Waals surface area contributed by atoms with Crippen molar-refractivity contribution in [3.63, 3.8) is 0 Å². The summed E-state index contributed by atoms with van der Waals surface area (Å²) in [6, 6.07) is 6.28. The highest BCUT2D eigenvalue weighted by Gasteiger charge is 2.43. The highest BCUT2D eigenvalue weighted by Crippen LogP contribution is 2.48. The Morgan fingerprint density at radius 2 is 2.05 bits per heavy atom. The quantitative estimate of drug-likeness (QED) is 0.778. The van der Waals surface area contributed by atoms with E-state index in [4.69, 9.17) is 9.47 Å². The lowest BCUT2D eigenvalue weighted by molar-refractivity contribution is 0.174. The Bertz CT molecular complexity index is 500. The fourth-order valence-corrected chi connectivity index (χ4v) is 3.47. The minimum Gasteiger partial charge on any atom is -0.497 e. The van der Waals surface area contributed by atoms with Crippen molar-refractivity contribution < 1.29 is 14.3 Å². The number of anilines is 1. The molecule has 4 nitrogen and oxygen atoms in total. The van der Waals surface area contributed by atoms with E-state index >= 15 is 0 Å². The number of amides is 1. The van der Waals surface area contributed by atoms with E-state index < -0.39 is 0 Å². The molecule has 1 aromatic carbocycles. The molecule has 1 saturated carbocycles. The number of fused-ring (bicyclic) bond motifs is 3. The molecule has 2 atom stereocenters. The van der Waals surface area contributed by atoms with Crippen molar-refractivity contribution in [2.24, 2.45) is 0 Å². The third kappa shape index (κ3) is 1.86. The van der Waals surface area contributed by atoms with Crippen LogP contribution < -0.4 is 9.64 Å². The van der Waals surface area contributed by atoms with Crippen LogP contribution in [-0.4, -0.2) is 26.4 Å². The monoisotopic (exact) mass is 261 g/mol. The first-order valence-electron chi connectivity index (χ1n) is 6.81. The Kier molecular flexibility index (Phi) is 3.09. The Morgan fingerprint density at radius 3 is 2.79 bits per heavy atom. The molecule has 0 aromatic heterocycles. The van der Waals surface area contributed by atoms with E-state index in [0.717, 1.165) is 24.3 Å². The topological polar surface area (TPSA) is 38.8 Å². The van der Waals surface area contributed by atoms with Gasteiger partial charge in [0.05, 0.1) is 19.9 Å². The summed E-state index contributed by atoms with van der Waals surface area (Å²) in [5.74, 6) is 1.24. The van der Waals surface area contributed by atoms with Gasteiger partial charge >= 0.3 is 6.09 Å². The summed E-state index contributed by atoms with van der Waals surface area (Å²) in [5.41, 5.74) is 2.22. The van der Waals surface area contributed by atoms with Crippen molar-refractivity contribution in [3.8, 4) is 5.75 Å². The summed E-state index contributed by atoms with van der Waals surface area (Å²) >= 11 is 0. The Balaban J connectivity index is 2.07. The number of hydrogen-bond donors (Lipinski definition) is 0. The first kappa shape index (κ1) is 12.3. The molecule has 19 heavy (non-hydrogen) atoms. The van der Waals surface area contributed by atoms with Crippen molar-refractivity contribution in [3.05, 3.63) is 23.8 Å². The van der Waals surface area contributed by atoms with Gasteiger partial charge in [0.1, 0.15) is 5.75 Å². The van der Waals surface area contributed by atoms with Crippen molar-refractivity contribution in [2.75, 3.05) is 19.1 Å². The predicted octanol–water partition coefficient (Wildman–Crippen LogP) is 3.31. The maximum atomic E-state index is 12.1. The molecule has 0 spiro atoms. The maximum absolute atomic E-state index is 12.1. The molecule has 1 amide bonds. The highest BCUT2D eigenvalue weighted by molar-refractivity contribution is 5.92. The molecular weight excluding hydrogens is 242 g/mol. The lowest BCUT2D eigenvalue weighted by Crippen LogP contribution is -2.40. The second kappa shape index (κ2) is 4.76. The van der Waals surface area contributed by atoms with Gasteiger partial charge in [0.2, 0.25) is 0 Å². The van der Waals surface area contributed by atoms with Gasteiger partial charge in [-0.3, -0.25) is 4.90 Å². The summed E-state index contributed by atoms with van der Waals surface area (Å²) in [5, 5.41) is 0. The van der Waals surface area contributed by atoms with Crippen LogP contribution in [0.1, 0.15) is 37.2 Å². The van der Waals surface area contributed by atoms with Crippen LogP contribution in [0.25, 0.3) is 0 Å². The molecule has 1 fully saturated rings. The molecule has 0 saturated heterocycles. The number of hydrogen-bond acceptors (Lipinski definition) is 3. The molecule has 0 unspecified atom stereocenters. The molecule has 0 radical (unpaired) electrons. The summed E-state index contributed by atoms with van der Waals surface area (Å²) in [6.45, 7) is 0. The molecule has 3 rings (SSSR count). The molecule has 1 heterocycles. The average Bonchev–Trinajstić information content (AvgIpc) is 2.80. The van der Waals surface area contributed by atoms with Crippen LogP contribution in [0.5, 0.6) is 5.75 Å². The van der Waals surface area contributed by atoms with E-state index in [0.29, 0.717) is 5.92 Å². The first-order valence-corrected chi connectivity index (χ1v) is 6.81. The van der Waals surface area contributed by atoms with Crippen LogP contribution >= 0.6 is 0 Å². The molecule has 102 valence electrons. The van der Waals surface area contributed by atoms with Gasteiger partial charge in [-0.15, -0.1) is 0 Å². The van der Waals surface area contributed by atoms with E-state index in [1.54, 1.807) is 7.11 Å². The summed E-state index contributed by atoms with van der Waals surface area (Å²) in [7, 11) is 3.09. The largest absolute Gasteiger partial charge is 0.497 e. The summed E-state index contributed by atoms with van der Waals surface area (Å²) in [4.78, 5) is 13.9. The standard InChI is InChI=1S/C15H19NO3/c1-18-10-7-8-12-11-5-3-4-6-13(11)16(14(12)9-10)15(17)19-2/h7-9,11,13H,3-6H2,1-2H3/t11-,13+/m0/s1. The van der Waals surface area contributed by atoms with Crippen LogP contribution in [0.3, 0.4) is 0 Å². The second-order valence-electron chi connectivity index (χ2n) is 5.22. The fourth-order valence-electron chi connectivity index (χ4n) is 3.47. The normalized spacial score (nSPS) is 24.6. The Hall–Kier alpha value is -1.71. The molecule has 1 aliphatic heterocycles. The minimum absolute atomic E-state index is 0.253. The smallest absolute Gasteiger partial charge is 0.414 e. The van der Waals surface area contributed by atoms with Crippen LogP contribution in [0.2, 0.25) is 0 Å². The Morgan fingerprint density at radius 1 is 1.26 bits per heavy atom. The Labute approximate surface area is 113 Å². The van der Waals surface area contributed by atoms with Crippen LogP contribution in [0.15, 0.2) is 18.2 Å². The van der Waals surface area contributed by atoms with Crippen molar-refractivity contribution in [2.45, 2.75) is 37.6 Å². The summed E-state index contributed by atoms with van der Waals surface area (Å²) < 4.78 is 10.2. The number of benzene rings is 1. The van der Waals surface area contributed by atoms with Crippen molar-refractivity contribution in [1.29, 1.82) is 0 Å². The van der Waals surface area contributed by atoms with Crippen molar-refractivity contribution >= 4 is 11.8 Å². The van der Waals surface area contributed by atoms with Crippen LogP contribution in [-0.2, 0) is 4.74 Å². The van der Waals surface area contributed by atoms with Gasteiger partial charge in [-0.05, 0) is 24.5 Å². The molecule has 4 heteroatoms. The zero-order chi connectivity index (χ0) is 13.4. The number of ether oxygens (including phenoxy) is 2. The SMILES string of the molecule is COC(=O)N1c2cc(OC)ccc2[C@@H]2CCCC[C@H]21. The van der Waals surface area contributed by atoms with Crippen molar-refractivity contribution in [1.82, 2.24) is 0 Å². The van der Waals surface area contributed by atoms with Gasteiger partial charge < -0.3 is 9.47 Å². The molecule has 0 bridgehead atoms. The number of carbonyl (C=O) groups is 1. The maximum Gasteiger partial charge on any atom is 0.414 e. The minimum atomic E-state index is -0.260. The second-order valence-corrected chi connectivity index (χ2v) is 5.22. The number of rotatable bonds is 1. The fraction of sp³-hybridized carbons (Fsp3) is 0.533. The molecule has 1 aromatic rings. The van der Waals surface area contributed by atoms with Gasteiger partial charge in [-0.25, -0.2) is 4.79 Å². The van der Waals surface area contributed by atoms with Crippen LogP contribution in [0.4, 0.5) is 10.5 Å². The van der Waals surface area contributed by atoms with E-state index in [9.17, 15) is 4.79 Å². The van der Waals surface area contributed by atoms with E-state index in [1.165, 1.54) is 25.5 Å². The summed E-state index contributed by atoms with van der Waals surface area (Å²) in [6.07, 6.45) is 4.36. The van der Waals surface area contributed by atoms with Gasteiger partial charge in [0, 0.05) is 18.0 Å². The average molecular weight is 261 g/mol. The third-order valence-corrected chi connectivity index (χ3v) is 4.33. The first-order chi connectivity index (χ1) is 9.26. The molecule has 1 aliphatic carbocycles. The zero-order valence-electron chi connectivity index (χ0n) is 11.4. The molecule has 2 aliphatic rings. The van der Waals surface area contributed by atoms with Gasteiger partial charge in [-0.2, -0.15) is 0 Å². The van der Waals surface area contributed by atoms with E-state index in [2.05, 4.69) is 6.07 Å². The number of methoxy groups -OCH3 is 2. The van der Waals surface area contributed by atoms with Gasteiger partial charge in [0.25, 0.3) is 0 Å². The third-order valence-electron chi connectivity index (χ3n) is 4.33. The molecule has 0 N–H and O–H groups in total.